The van der Waals surface area contributed by atoms with Crippen molar-refractivity contribution in [1.82, 2.24) is 4.90 Å². The number of likely N-dealkylation sites (N-methyl/N-ethyl adjacent to an activating group) is 1. The molecule has 0 bridgehead atoms. The lowest BCUT2D eigenvalue weighted by Crippen LogP contribution is -2.43. The summed E-state index contributed by atoms with van der Waals surface area (Å²) in [6.07, 6.45) is 0.736. The molecule has 0 aromatic heterocycles. The van der Waals surface area contributed by atoms with E-state index in [2.05, 4.69) is 0 Å². The zero-order valence-corrected chi connectivity index (χ0v) is 17.9. The second-order valence-corrected chi connectivity index (χ2v) is 8.13. The van der Waals surface area contributed by atoms with Crippen molar-refractivity contribution in [3.05, 3.63) is 65.7 Å². The highest BCUT2D eigenvalue weighted by Gasteiger charge is 2.26. The highest BCUT2D eigenvalue weighted by molar-refractivity contribution is 8.13. The van der Waals surface area contributed by atoms with Gasteiger partial charge in [0, 0.05) is 43.7 Å². The number of hydrogen-bond acceptors (Lipinski definition) is 5. The summed E-state index contributed by atoms with van der Waals surface area (Å²) >= 11 is 1.01. The summed E-state index contributed by atoms with van der Waals surface area (Å²) in [4.78, 5) is 49.9. The third-order valence-electron chi connectivity index (χ3n) is 4.65. The van der Waals surface area contributed by atoms with Gasteiger partial charge in [-0.1, -0.05) is 60.3 Å². The van der Waals surface area contributed by atoms with E-state index >= 15 is 0 Å². The van der Waals surface area contributed by atoms with Crippen LogP contribution in [0.25, 0.3) is 0 Å². The van der Waals surface area contributed by atoms with Crippen molar-refractivity contribution in [3.63, 3.8) is 0 Å². The first-order valence-corrected chi connectivity index (χ1v) is 10.4. The topological polar surface area (TPSA) is 91.8 Å². The molecule has 0 fully saturated rings. The summed E-state index contributed by atoms with van der Waals surface area (Å²) in [5, 5.41) is 9.43. The molecule has 0 saturated heterocycles. The maximum atomic E-state index is 12.5. The molecule has 158 valence electrons. The molecule has 1 amide bonds. The first kappa shape index (κ1) is 23.3. The van der Waals surface area contributed by atoms with Crippen molar-refractivity contribution in [3.8, 4) is 0 Å². The number of nitrogens with zero attached hydrogens (tertiary/aromatic N) is 1. The van der Waals surface area contributed by atoms with Gasteiger partial charge in [0.05, 0.1) is 0 Å². The number of carboxylic acid groups (broad SMARTS) is 1. The van der Waals surface area contributed by atoms with Crippen LogP contribution >= 0.6 is 11.8 Å². The van der Waals surface area contributed by atoms with E-state index in [1.54, 1.807) is 24.3 Å². The number of ketones is 1. The predicted molar refractivity (Wildman–Crippen MR) is 116 cm³/mol. The van der Waals surface area contributed by atoms with Gasteiger partial charge in [0.15, 0.2) is 10.9 Å². The van der Waals surface area contributed by atoms with E-state index in [-0.39, 0.29) is 36.1 Å². The maximum Gasteiger partial charge on any atom is 0.326 e. The Morgan fingerprint density at radius 2 is 1.60 bits per heavy atom. The Bertz CT molecular complexity index is 913. The van der Waals surface area contributed by atoms with Crippen molar-refractivity contribution in [2.75, 3.05) is 7.05 Å². The Morgan fingerprint density at radius 3 is 2.23 bits per heavy atom. The smallest absolute Gasteiger partial charge is 0.326 e. The van der Waals surface area contributed by atoms with Gasteiger partial charge in [0.1, 0.15) is 6.04 Å². The number of amides is 1. The van der Waals surface area contributed by atoms with Gasteiger partial charge in [-0.05, 0) is 18.1 Å². The quantitative estimate of drug-likeness (QED) is 0.458. The van der Waals surface area contributed by atoms with Crippen molar-refractivity contribution in [2.24, 2.45) is 0 Å². The normalized spacial score (nSPS) is 11.5. The van der Waals surface area contributed by atoms with Gasteiger partial charge in [0.2, 0.25) is 5.91 Å². The molecule has 0 aliphatic heterocycles. The van der Waals surface area contributed by atoms with Crippen LogP contribution in [0, 0.1) is 0 Å². The summed E-state index contributed by atoms with van der Waals surface area (Å²) in [5.41, 5.74) is 1.30. The molecular formula is C23H25NO5S. The van der Waals surface area contributed by atoms with Crippen molar-refractivity contribution >= 4 is 34.5 Å². The van der Waals surface area contributed by atoms with Crippen LogP contribution in [-0.2, 0) is 20.8 Å². The number of benzene rings is 2. The van der Waals surface area contributed by atoms with E-state index < -0.39 is 12.0 Å². The minimum absolute atomic E-state index is 0.0722. The van der Waals surface area contributed by atoms with E-state index in [1.165, 1.54) is 18.9 Å². The average Bonchev–Trinajstić information content (AvgIpc) is 2.71. The Hall–Kier alpha value is -2.93. The lowest BCUT2D eigenvalue weighted by Gasteiger charge is -2.25. The number of thioether (sulfide) groups is 1. The summed E-state index contributed by atoms with van der Waals surface area (Å²) in [6, 6.07) is 15.1. The van der Waals surface area contributed by atoms with E-state index in [9.17, 15) is 24.3 Å². The molecule has 0 saturated carbocycles. The van der Waals surface area contributed by atoms with Gasteiger partial charge < -0.3 is 10.0 Å². The molecule has 0 spiro atoms. The molecule has 2 rings (SSSR count). The van der Waals surface area contributed by atoms with E-state index in [4.69, 9.17) is 0 Å². The van der Waals surface area contributed by atoms with Gasteiger partial charge in [-0.3, -0.25) is 14.4 Å². The molecule has 0 heterocycles. The molecular weight excluding hydrogens is 402 g/mol. The van der Waals surface area contributed by atoms with Crippen LogP contribution < -0.4 is 0 Å². The summed E-state index contributed by atoms with van der Waals surface area (Å²) in [7, 11) is 1.48. The van der Waals surface area contributed by atoms with Crippen LogP contribution in [0.1, 0.15) is 42.1 Å². The Balaban J connectivity index is 1.93. The number of carbonyl (C=O) groups excluding carboxylic acids is 3. The van der Waals surface area contributed by atoms with Crippen LogP contribution in [0.3, 0.4) is 0 Å². The molecule has 7 heteroatoms. The van der Waals surface area contributed by atoms with Crippen molar-refractivity contribution in [1.29, 1.82) is 0 Å². The fraction of sp³-hybridized carbons (Fsp3) is 0.304. The molecule has 6 nitrogen and oxygen atoms in total. The number of aliphatic carboxylic acids is 1. The second kappa shape index (κ2) is 11.3. The Kier molecular flexibility index (Phi) is 8.80. The van der Waals surface area contributed by atoms with Crippen molar-refractivity contribution in [2.45, 2.75) is 43.5 Å². The average molecular weight is 428 g/mol. The first-order valence-electron chi connectivity index (χ1n) is 9.62. The van der Waals surface area contributed by atoms with Gasteiger partial charge in [-0.15, -0.1) is 0 Å². The molecule has 0 aliphatic rings. The number of carbonyl (C=O) groups is 4. The number of carboxylic acids is 1. The first-order chi connectivity index (χ1) is 14.3. The standard InChI is InChI=1S/C23H25NO5S/c1-16(25)30-21-13-7-6-11-18(21)20(26)12-8-14-22(27)24(2)19(23(28)29)15-17-9-4-3-5-10-17/h3-7,9-11,13,19H,8,12,14-15H2,1-2H3,(H,28,29). The van der Waals surface area contributed by atoms with Crippen LogP contribution in [0.5, 0.6) is 0 Å². The highest BCUT2D eigenvalue weighted by Crippen LogP contribution is 2.25. The van der Waals surface area contributed by atoms with Crippen LogP contribution in [-0.4, -0.2) is 45.9 Å². The van der Waals surface area contributed by atoms with E-state index in [1.807, 2.05) is 30.3 Å². The molecule has 1 N–H and O–H groups in total. The molecule has 0 radical (unpaired) electrons. The number of rotatable bonds is 10. The predicted octanol–water partition coefficient (Wildman–Crippen LogP) is 3.83. The largest absolute Gasteiger partial charge is 0.480 e. The zero-order valence-electron chi connectivity index (χ0n) is 17.0. The minimum atomic E-state index is -1.07. The minimum Gasteiger partial charge on any atom is -0.480 e. The van der Waals surface area contributed by atoms with E-state index in [0.29, 0.717) is 16.9 Å². The van der Waals surface area contributed by atoms with Crippen LogP contribution in [0.15, 0.2) is 59.5 Å². The second-order valence-electron chi connectivity index (χ2n) is 6.91. The number of Topliss-reactive ketones (excluding diaryl/α,β-unsaturated/α-hetero) is 1. The van der Waals surface area contributed by atoms with Gasteiger partial charge in [-0.2, -0.15) is 0 Å². The fourth-order valence-corrected chi connectivity index (χ4v) is 3.80. The lowest BCUT2D eigenvalue weighted by molar-refractivity contribution is -0.149. The van der Waals surface area contributed by atoms with Gasteiger partial charge in [-0.25, -0.2) is 4.79 Å². The summed E-state index contributed by atoms with van der Waals surface area (Å²) < 4.78 is 0. The maximum absolute atomic E-state index is 12.5. The third-order valence-corrected chi connectivity index (χ3v) is 5.52. The number of hydrogen-bond donors (Lipinski definition) is 1. The molecule has 1 unspecified atom stereocenters. The molecule has 1 atom stereocenters. The highest BCUT2D eigenvalue weighted by atomic mass is 32.2. The van der Waals surface area contributed by atoms with Gasteiger partial charge in [0.25, 0.3) is 0 Å². The SMILES string of the molecule is CC(=O)Sc1ccccc1C(=O)CCCC(=O)N(C)C(Cc1ccccc1)C(=O)O. The molecule has 0 aliphatic carbocycles. The zero-order chi connectivity index (χ0) is 22.1. The Morgan fingerprint density at radius 1 is 0.967 bits per heavy atom. The molecule has 2 aromatic rings. The summed E-state index contributed by atoms with van der Waals surface area (Å²) in [5.74, 6) is -1.53. The molecule has 2 aromatic carbocycles. The third kappa shape index (κ3) is 6.84. The monoisotopic (exact) mass is 427 g/mol. The fourth-order valence-electron chi connectivity index (χ4n) is 3.05. The Labute approximate surface area is 180 Å². The lowest BCUT2D eigenvalue weighted by atomic mass is 10.0. The van der Waals surface area contributed by atoms with Crippen LogP contribution in [0.2, 0.25) is 0 Å². The van der Waals surface area contributed by atoms with Gasteiger partial charge >= 0.3 is 5.97 Å². The van der Waals surface area contributed by atoms with Crippen molar-refractivity contribution < 1.29 is 24.3 Å². The van der Waals surface area contributed by atoms with Crippen LogP contribution in [0.4, 0.5) is 0 Å². The molecule has 30 heavy (non-hydrogen) atoms. The van der Waals surface area contributed by atoms with E-state index in [0.717, 1.165) is 17.3 Å². The summed E-state index contributed by atoms with van der Waals surface area (Å²) in [6.45, 7) is 1.44.